The van der Waals surface area contributed by atoms with Crippen molar-refractivity contribution in [2.24, 2.45) is 0 Å². The summed E-state index contributed by atoms with van der Waals surface area (Å²) in [6.45, 7) is 0.857. The lowest BCUT2D eigenvalue weighted by Gasteiger charge is -2.43. The molecule has 2 unspecified atom stereocenters. The number of fused-ring (bicyclic) bond motifs is 1. The average molecular weight is 251 g/mol. The van der Waals surface area contributed by atoms with Gasteiger partial charge >= 0.3 is 0 Å². The van der Waals surface area contributed by atoms with Gasteiger partial charge in [0.2, 0.25) is 0 Å². The maximum Gasteiger partial charge on any atom is 0.136 e. The Hall–Kier alpha value is -1.84. The third kappa shape index (κ3) is 1.59. The van der Waals surface area contributed by atoms with Crippen molar-refractivity contribution >= 4 is 0 Å². The molecule has 2 saturated heterocycles. The van der Waals surface area contributed by atoms with Crippen LogP contribution in [-0.2, 0) is 5.54 Å². The van der Waals surface area contributed by atoms with Crippen LogP contribution >= 0.6 is 0 Å². The Morgan fingerprint density at radius 2 is 1.74 bits per heavy atom. The first kappa shape index (κ1) is 12.2. The molecular formula is C16H17N3. The van der Waals surface area contributed by atoms with Crippen LogP contribution in [0.15, 0.2) is 30.3 Å². The molecule has 1 aromatic rings. The molecule has 0 amide bonds. The first-order chi connectivity index (χ1) is 9.27. The summed E-state index contributed by atoms with van der Waals surface area (Å²) in [5, 5.41) is 19.4. The molecule has 0 aliphatic carbocycles. The second-order valence-electron chi connectivity index (χ2n) is 5.59. The molecule has 0 saturated carbocycles. The molecule has 3 nitrogen and oxygen atoms in total. The smallest absolute Gasteiger partial charge is 0.136 e. The molecule has 2 atom stereocenters. The van der Waals surface area contributed by atoms with Crippen molar-refractivity contribution in [2.75, 3.05) is 6.54 Å². The Labute approximate surface area is 114 Å². The minimum atomic E-state index is -0.600. The van der Waals surface area contributed by atoms with E-state index in [0.717, 1.165) is 44.2 Å². The Bertz CT molecular complexity index is 554. The first-order valence-electron chi connectivity index (χ1n) is 6.93. The molecule has 2 aliphatic rings. The summed E-state index contributed by atoms with van der Waals surface area (Å²) in [7, 11) is 0. The van der Waals surface area contributed by atoms with Crippen molar-refractivity contribution in [3.63, 3.8) is 0 Å². The second kappa shape index (κ2) is 4.37. The van der Waals surface area contributed by atoms with Gasteiger partial charge in [0, 0.05) is 6.54 Å². The number of benzene rings is 1. The van der Waals surface area contributed by atoms with Gasteiger partial charge in [-0.1, -0.05) is 30.3 Å². The van der Waals surface area contributed by atoms with Gasteiger partial charge in [-0.15, -0.1) is 0 Å². The SMILES string of the molecule is N#CC12CCCCN1C(C#N)(c1ccccc1)CC2. The number of hydrogen-bond acceptors (Lipinski definition) is 3. The normalized spacial score (nSPS) is 34.2. The van der Waals surface area contributed by atoms with Crippen LogP contribution in [0.5, 0.6) is 0 Å². The maximum atomic E-state index is 9.82. The number of nitrogens with zero attached hydrogens (tertiary/aromatic N) is 3. The van der Waals surface area contributed by atoms with Crippen LogP contribution < -0.4 is 0 Å². The summed E-state index contributed by atoms with van der Waals surface area (Å²) >= 11 is 0. The Morgan fingerprint density at radius 1 is 0.947 bits per heavy atom. The fourth-order valence-corrected chi connectivity index (χ4v) is 3.74. The van der Waals surface area contributed by atoms with Crippen LogP contribution in [-0.4, -0.2) is 17.0 Å². The summed E-state index contributed by atoms with van der Waals surface area (Å²) in [5.74, 6) is 0. The molecule has 0 bridgehead atoms. The highest BCUT2D eigenvalue weighted by atomic mass is 15.3. The average Bonchev–Trinajstić information content (AvgIpc) is 2.85. The zero-order chi connectivity index (χ0) is 13.3. The minimum absolute atomic E-state index is 0.413. The molecule has 0 spiro atoms. The Kier molecular flexibility index (Phi) is 2.81. The van der Waals surface area contributed by atoms with Crippen LogP contribution in [0.4, 0.5) is 0 Å². The summed E-state index contributed by atoms with van der Waals surface area (Å²) in [6.07, 6.45) is 4.66. The number of piperidine rings is 1. The lowest BCUT2D eigenvalue weighted by Crippen LogP contribution is -2.53. The van der Waals surface area contributed by atoms with Crippen LogP contribution in [0, 0.1) is 22.7 Å². The molecule has 2 fully saturated rings. The third-order valence-corrected chi connectivity index (χ3v) is 4.74. The molecule has 2 heterocycles. The topological polar surface area (TPSA) is 50.8 Å². The van der Waals surface area contributed by atoms with E-state index in [1.807, 2.05) is 30.3 Å². The molecule has 0 radical (unpaired) electrons. The molecule has 19 heavy (non-hydrogen) atoms. The molecule has 0 aromatic heterocycles. The molecule has 2 aliphatic heterocycles. The number of nitriles is 2. The van der Waals surface area contributed by atoms with Crippen molar-refractivity contribution in [2.45, 2.75) is 43.2 Å². The van der Waals surface area contributed by atoms with Crippen molar-refractivity contribution in [3.8, 4) is 12.1 Å². The summed E-state index contributed by atoms with van der Waals surface area (Å²) < 4.78 is 0. The van der Waals surface area contributed by atoms with Gasteiger partial charge in [0.15, 0.2) is 0 Å². The van der Waals surface area contributed by atoms with Gasteiger partial charge in [-0.2, -0.15) is 10.5 Å². The van der Waals surface area contributed by atoms with Crippen molar-refractivity contribution in [1.29, 1.82) is 10.5 Å². The molecule has 0 N–H and O–H groups in total. The van der Waals surface area contributed by atoms with E-state index in [4.69, 9.17) is 0 Å². The lowest BCUT2D eigenvalue weighted by molar-refractivity contribution is 0.0656. The largest absolute Gasteiger partial charge is 0.263 e. The van der Waals surface area contributed by atoms with Gasteiger partial charge in [0.25, 0.3) is 0 Å². The van der Waals surface area contributed by atoms with Gasteiger partial charge in [-0.05, 0) is 37.7 Å². The fourth-order valence-electron chi connectivity index (χ4n) is 3.74. The lowest BCUT2D eigenvalue weighted by atomic mass is 9.87. The molecular weight excluding hydrogens is 234 g/mol. The van der Waals surface area contributed by atoms with Crippen LogP contribution in [0.2, 0.25) is 0 Å². The Morgan fingerprint density at radius 3 is 2.42 bits per heavy atom. The summed E-state index contributed by atoms with van der Waals surface area (Å²) in [6, 6.07) is 15.0. The predicted octanol–water partition coefficient (Wildman–Crippen LogP) is 2.95. The van der Waals surface area contributed by atoms with E-state index in [1.54, 1.807) is 0 Å². The standard InChI is InChI=1S/C16H17N3/c17-12-15-8-4-5-11-19(15)16(13-18,10-9-15)14-6-2-1-3-7-14/h1-3,6-7H,4-5,8-11H2. The van der Waals surface area contributed by atoms with Gasteiger partial charge in [0.05, 0.1) is 12.1 Å². The summed E-state index contributed by atoms with van der Waals surface area (Å²) in [4.78, 5) is 2.18. The highest BCUT2D eigenvalue weighted by Gasteiger charge is 2.57. The van der Waals surface area contributed by atoms with E-state index in [0.29, 0.717) is 0 Å². The zero-order valence-corrected chi connectivity index (χ0v) is 11.0. The summed E-state index contributed by atoms with van der Waals surface area (Å²) in [5.41, 5.74) is 0.0258. The highest BCUT2D eigenvalue weighted by molar-refractivity contribution is 5.37. The van der Waals surface area contributed by atoms with Gasteiger partial charge < -0.3 is 0 Å². The van der Waals surface area contributed by atoms with E-state index < -0.39 is 11.1 Å². The van der Waals surface area contributed by atoms with Crippen LogP contribution in [0.1, 0.15) is 37.7 Å². The predicted molar refractivity (Wildman–Crippen MR) is 71.9 cm³/mol. The van der Waals surface area contributed by atoms with E-state index in [9.17, 15) is 10.5 Å². The number of rotatable bonds is 1. The van der Waals surface area contributed by atoms with Gasteiger partial charge in [0.1, 0.15) is 11.1 Å². The fraction of sp³-hybridized carbons (Fsp3) is 0.500. The third-order valence-electron chi connectivity index (χ3n) is 4.74. The van der Waals surface area contributed by atoms with E-state index in [2.05, 4.69) is 17.0 Å². The van der Waals surface area contributed by atoms with Gasteiger partial charge in [-0.3, -0.25) is 4.90 Å². The van der Waals surface area contributed by atoms with Crippen molar-refractivity contribution < 1.29 is 0 Å². The Balaban J connectivity index is 2.10. The van der Waals surface area contributed by atoms with E-state index in [-0.39, 0.29) is 0 Å². The molecule has 96 valence electrons. The van der Waals surface area contributed by atoms with Gasteiger partial charge in [-0.25, -0.2) is 0 Å². The van der Waals surface area contributed by atoms with Crippen LogP contribution in [0.3, 0.4) is 0 Å². The monoisotopic (exact) mass is 251 g/mol. The van der Waals surface area contributed by atoms with E-state index in [1.165, 1.54) is 0 Å². The highest BCUT2D eigenvalue weighted by Crippen LogP contribution is 2.50. The van der Waals surface area contributed by atoms with Crippen molar-refractivity contribution in [3.05, 3.63) is 35.9 Å². The van der Waals surface area contributed by atoms with Crippen LogP contribution in [0.25, 0.3) is 0 Å². The molecule has 3 rings (SSSR count). The molecule has 1 aromatic carbocycles. The first-order valence-corrected chi connectivity index (χ1v) is 6.93. The zero-order valence-electron chi connectivity index (χ0n) is 11.0. The van der Waals surface area contributed by atoms with E-state index >= 15 is 0 Å². The molecule has 3 heteroatoms. The quantitative estimate of drug-likeness (QED) is 0.771. The maximum absolute atomic E-state index is 9.82. The second-order valence-corrected chi connectivity index (χ2v) is 5.59. The minimum Gasteiger partial charge on any atom is -0.263 e. The number of hydrogen-bond donors (Lipinski definition) is 0. The van der Waals surface area contributed by atoms with Crippen molar-refractivity contribution in [1.82, 2.24) is 4.90 Å².